The number of rotatable bonds is 3. The standard InChI is InChI=1S/C18H24O2/c1-2-13-7-3-5-9-16(13)18(19)15-11-14-8-4-6-10-17(14)20-12-15/h4,6,8,10,13,15-16H,2-3,5,7,9,11-12H2,1H3. The van der Waals surface area contributed by atoms with Gasteiger partial charge in [0.1, 0.15) is 11.5 Å². The summed E-state index contributed by atoms with van der Waals surface area (Å²) in [7, 11) is 0. The van der Waals surface area contributed by atoms with Gasteiger partial charge in [-0.1, -0.05) is 44.4 Å². The molecule has 20 heavy (non-hydrogen) atoms. The monoisotopic (exact) mass is 272 g/mol. The number of hydrogen-bond donors (Lipinski definition) is 0. The van der Waals surface area contributed by atoms with E-state index >= 15 is 0 Å². The second-order valence-electron chi connectivity index (χ2n) is 6.28. The van der Waals surface area contributed by atoms with E-state index in [1.165, 1.54) is 24.8 Å². The molecule has 0 spiro atoms. The van der Waals surface area contributed by atoms with Crippen molar-refractivity contribution in [2.24, 2.45) is 17.8 Å². The zero-order chi connectivity index (χ0) is 13.9. The van der Waals surface area contributed by atoms with Crippen molar-refractivity contribution in [1.29, 1.82) is 0 Å². The lowest BCUT2D eigenvalue weighted by Crippen LogP contribution is -2.37. The second kappa shape index (κ2) is 5.99. The van der Waals surface area contributed by atoms with Crippen LogP contribution in [0.4, 0.5) is 0 Å². The largest absolute Gasteiger partial charge is 0.493 e. The molecule has 108 valence electrons. The van der Waals surface area contributed by atoms with Crippen LogP contribution in [-0.2, 0) is 11.2 Å². The van der Waals surface area contributed by atoms with E-state index in [0.717, 1.165) is 25.0 Å². The van der Waals surface area contributed by atoms with E-state index in [9.17, 15) is 4.79 Å². The van der Waals surface area contributed by atoms with E-state index in [-0.39, 0.29) is 11.8 Å². The third kappa shape index (κ3) is 2.61. The number of fused-ring (bicyclic) bond motifs is 1. The van der Waals surface area contributed by atoms with Gasteiger partial charge < -0.3 is 4.74 Å². The van der Waals surface area contributed by atoms with Gasteiger partial charge in [-0.15, -0.1) is 0 Å². The number of benzene rings is 1. The van der Waals surface area contributed by atoms with Gasteiger partial charge in [0.15, 0.2) is 0 Å². The summed E-state index contributed by atoms with van der Waals surface area (Å²) in [5.74, 6) is 2.39. The average Bonchev–Trinajstić information content (AvgIpc) is 2.53. The number of para-hydroxylation sites is 1. The lowest BCUT2D eigenvalue weighted by atomic mass is 9.72. The van der Waals surface area contributed by atoms with Crippen molar-refractivity contribution >= 4 is 5.78 Å². The number of ketones is 1. The summed E-state index contributed by atoms with van der Waals surface area (Å²) >= 11 is 0. The smallest absolute Gasteiger partial charge is 0.143 e. The molecule has 1 fully saturated rings. The fourth-order valence-corrected chi connectivity index (χ4v) is 3.88. The zero-order valence-corrected chi connectivity index (χ0v) is 12.3. The Hall–Kier alpha value is -1.31. The molecule has 3 atom stereocenters. The summed E-state index contributed by atoms with van der Waals surface area (Å²) < 4.78 is 5.80. The summed E-state index contributed by atoms with van der Waals surface area (Å²) in [5, 5.41) is 0. The van der Waals surface area contributed by atoms with Gasteiger partial charge in [-0.2, -0.15) is 0 Å². The van der Waals surface area contributed by atoms with Crippen molar-refractivity contribution in [1.82, 2.24) is 0 Å². The third-order valence-electron chi connectivity index (χ3n) is 5.08. The van der Waals surface area contributed by atoms with Crippen LogP contribution in [0.3, 0.4) is 0 Å². The first kappa shape index (κ1) is 13.7. The van der Waals surface area contributed by atoms with Gasteiger partial charge in [-0.3, -0.25) is 4.79 Å². The molecule has 0 bridgehead atoms. The molecule has 0 radical (unpaired) electrons. The highest BCUT2D eigenvalue weighted by atomic mass is 16.5. The Morgan fingerprint density at radius 2 is 2.05 bits per heavy atom. The van der Waals surface area contributed by atoms with Crippen LogP contribution in [0.2, 0.25) is 0 Å². The topological polar surface area (TPSA) is 26.3 Å². The molecule has 1 heterocycles. The first-order valence-electron chi connectivity index (χ1n) is 8.04. The first-order valence-corrected chi connectivity index (χ1v) is 8.04. The van der Waals surface area contributed by atoms with E-state index in [2.05, 4.69) is 13.0 Å². The number of hydrogen-bond acceptors (Lipinski definition) is 2. The van der Waals surface area contributed by atoms with Crippen molar-refractivity contribution < 1.29 is 9.53 Å². The fourth-order valence-electron chi connectivity index (χ4n) is 3.88. The van der Waals surface area contributed by atoms with Crippen molar-refractivity contribution in [3.05, 3.63) is 29.8 Å². The van der Waals surface area contributed by atoms with Crippen molar-refractivity contribution in [3.63, 3.8) is 0 Å². The minimum atomic E-state index is 0.0713. The maximum absolute atomic E-state index is 12.9. The highest BCUT2D eigenvalue weighted by molar-refractivity contribution is 5.84. The average molecular weight is 272 g/mol. The van der Waals surface area contributed by atoms with E-state index in [1.807, 2.05) is 18.2 Å². The van der Waals surface area contributed by atoms with Crippen LogP contribution in [0.15, 0.2) is 24.3 Å². The van der Waals surface area contributed by atoms with Crippen LogP contribution in [0, 0.1) is 17.8 Å². The molecule has 1 aliphatic heterocycles. The Morgan fingerprint density at radius 1 is 1.25 bits per heavy atom. The Morgan fingerprint density at radius 3 is 2.90 bits per heavy atom. The van der Waals surface area contributed by atoms with Crippen LogP contribution < -0.4 is 4.74 Å². The van der Waals surface area contributed by atoms with Crippen molar-refractivity contribution in [3.8, 4) is 5.75 Å². The van der Waals surface area contributed by atoms with Crippen molar-refractivity contribution in [2.45, 2.75) is 45.4 Å². The van der Waals surface area contributed by atoms with Crippen LogP contribution in [0.1, 0.15) is 44.6 Å². The molecule has 2 heteroatoms. The number of carbonyl (C=O) groups excluding carboxylic acids is 1. The highest BCUT2D eigenvalue weighted by Crippen LogP contribution is 2.36. The van der Waals surface area contributed by atoms with Crippen LogP contribution in [0.5, 0.6) is 5.75 Å². The molecule has 3 unspecified atom stereocenters. The maximum atomic E-state index is 12.9. The van der Waals surface area contributed by atoms with Gasteiger partial charge in [-0.25, -0.2) is 0 Å². The number of carbonyl (C=O) groups is 1. The highest BCUT2D eigenvalue weighted by Gasteiger charge is 2.35. The molecule has 2 nitrogen and oxygen atoms in total. The first-order chi connectivity index (χ1) is 9.79. The number of Topliss-reactive ketones (excluding diaryl/α,β-unsaturated/α-hetero) is 1. The van der Waals surface area contributed by atoms with Crippen molar-refractivity contribution in [2.75, 3.05) is 6.61 Å². The molecule has 1 saturated carbocycles. The minimum Gasteiger partial charge on any atom is -0.493 e. The summed E-state index contributed by atoms with van der Waals surface area (Å²) in [6.07, 6.45) is 6.85. The third-order valence-corrected chi connectivity index (χ3v) is 5.08. The van der Waals surface area contributed by atoms with Gasteiger partial charge in [0.2, 0.25) is 0 Å². The summed E-state index contributed by atoms with van der Waals surface area (Å²) in [6, 6.07) is 8.12. The SMILES string of the molecule is CCC1CCCCC1C(=O)C1COc2ccccc2C1. The summed E-state index contributed by atoms with van der Waals surface area (Å²) in [4.78, 5) is 12.9. The Balaban J connectivity index is 1.72. The molecule has 3 rings (SSSR count). The van der Waals surface area contributed by atoms with Crippen LogP contribution in [-0.4, -0.2) is 12.4 Å². The Kier molecular flexibility index (Phi) is 4.09. The molecule has 2 aliphatic rings. The fraction of sp³-hybridized carbons (Fsp3) is 0.611. The van der Waals surface area contributed by atoms with Crippen LogP contribution in [0.25, 0.3) is 0 Å². The lowest BCUT2D eigenvalue weighted by Gasteiger charge is -2.33. The molecular formula is C18H24O2. The summed E-state index contributed by atoms with van der Waals surface area (Å²) in [5.41, 5.74) is 1.20. The van der Waals surface area contributed by atoms with Gasteiger partial charge in [0.25, 0.3) is 0 Å². The molecule has 0 amide bonds. The Labute approximate surface area is 121 Å². The lowest BCUT2D eigenvalue weighted by molar-refractivity contribution is -0.131. The van der Waals surface area contributed by atoms with Gasteiger partial charge in [0, 0.05) is 5.92 Å². The second-order valence-corrected chi connectivity index (χ2v) is 6.28. The van der Waals surface area contributed by atoms with E-state index in [0.29, 0.717) is 18.3 Å². The summed E-state index contributed by atoms with van der Waals surface area (Å²) in [6.45, 7) is 2.80. The predicted molar refractivity (Wildman–Crippen MR) is 79.9 cm³/mol. The minimum absolute atomic E-state index is 0.0713. The normalized spacial score (nSPS) is 29.4. The molecule has 1 aromatic rings. The molecule has 1 aliphatic carbocycles. The van der Waals surface area contributed by atoms with E-state index in [4.69, 9.17) is 4.74 Å². The van der Waals surface area contributed by atoms with Gasteiger partial charge in [-0.05, 0) is 36.8 Å². The van der Waals surface area contributed by atoms with Gasteiger partial charge >= 0.3 is 0 Å². The zero-order valence-electron chi connectivity index (χ0n) is 12.3. The maximum Gasteiger partial charge on any atom is 0.143 e. The number of ether oxygens (including phenoxy) is 1. The van der Waals surface area contributed by atoms with E-state index in [1.54, 1.807) is 0 Å². The molecule has 0 saturated heterocycles. The van der Waals surface area contributed by atoms with Gasteiger partial charge in [0.05, 0.1) is 12.5 Å². The molecule has 0 N–H and O–H groups in total. The molecule has 0 aromatic heterocycles. The van der Waals surface area contributed by atoms with Crippen LogP contribution >= 0.6 is 0 Å². The van der Waals surface area contributed by atoms with E-state index < -0.39 is 0 Å². The molecular weight excluding hydrogens is 248 g/mol. The molecule has 1 aromatic carbocycles. The quantitative estimate of drug-likeness (QED) is 0.830. The Bertz CT molecular complexity index is 480. The predicted octanol–water partition coefficient (Wildman–Crippen LogP) is 4.02.